The lowest BCUT2D eigenvalue weighted by Crippen LogP contribution is -2.43. The van der Waals surface area contributed by atoms with Crippen LogP contribution in [0, 0.1) is 23.7 Å². The minimum absolute atomic E-state index is 0.464. The third kappa shape index (κ3) is 1.36. The van der Waals surface area contributed by atoms with E-state index in [2.05, 4.69) is 0 Å². The molecule has 1 N–H and O–H groups in total. The Bertz CT molecular complexity index is 411. The average molecular weight is 232 g/mol. The number of fused-ring (bicyclic) bond motifs is 5. The van der Waals surface area contributed by atoms with Crippen molar-refractivity contribution in [2.75, 3.05) is 0 Å². The second-order valence-electron chi connectivity index (χ2n) is 6.42. The van der Waals surface area contributed by atoms with E-state index in [-0.39, 0.29) is 0 Å². The van der Waals surface area contributed by atoms with E-state index < -0.39 is 5.60 Å². The molecule has 3 aliphatic rings. The largest absolute Gasteiger partial charge is 0.469 e. The van der Waals surface area contributed by atoms with Crippen LogP contribution >= 0.6 is 0 Å². The lowest BCUT2D eigenvalue weighted by molar-refractivity contribution is -0.0482. The quantitative estimate of drug-likeness (QED) is 0.850. The van der Waals surface area contributed by atoms with Gasteiger partial charge in [0, 0.05) is 6.42 Å². The molecular weight excluding hydrogens is 212 g/mol. The summed E-state index contributed by atoms with van der Waals surface area (Å²) < 4.78 is 5.42. The van der Waals surface area contributed by atoms with Gasteiger partial charge in [-0.2, -0.15) is 0 Å². The Morgan fingerprint density at radius 3 is 3.06 bits per heavy atom. The van der Waals surface area contributed by atoms with Crippen LogP contribution in [0.1, 0.15) is 37.9 Å². The first-order chi connectivity index (χ1) is 8.26. The van der Waals surface area contributed by atoms with Crippen molar-refractivity contribution in [3.8, 4) is 0 Å². The molecule has 0 radical (unpaired) electrons. The zero-order chi connectivity index (χ0) is 11.5. The normalized spacial score (nSPS) is 47.6. The topological polar surface area (TPSA) is 33.4 Å². The fraction of sp³-hybridized carbons (Fsp3) is 0.733. The number of aliphatic hydroxyl groups is 1. The molecule has 17 heavy (non-hydrogen) atoms. The molecule has 1 heterocycles. The van der Waals surface area contributed by atoms with Gasteiger partial charge in [-0.1, -0.05) is 6.42 Å². The molecule has 2 heteroatoms. The molecule has 0 saturated heterocycles. The summed E-state index contributed by atoms with van der Waals surface area (Å²) in [6.45, 7) is 0. The molecule has 4 rings (SSSR count). The van der Waals surface area contributed by atoms with Gasteiger partial charge in [-0.05, 0) is 61.5 Å². The number of hydrogen-bond donors (Lipinski definition) is 1. The fourth-order valence-electron chi connectivity index (χ4n) is 5.15. The summed E-state index contributed by atoms with van der Waals surface area (Å²) >= 11 is 0. The Morgan fingerprint density at radius 2 is 2.24 bits per heavy atom. The maximum atomic E-state index is 10.9. The SMILES string of the molecule is OC1(Cc2ccco2)CC2CC1C1CCCC21. The van der Waals surface area contributed by atoms with E-state index in [4.69, 9.17) is 4.42 Å². The molecule has 2 bridgehead atoms. The first-order valence-corrected chi connectivity index (χ1v) is 7.01. The van der Waals surface area contributed by atoms with E-state index in [1.807, 2.05) is 12.1 Å². The van der Waals surface area contributed by atoms with Gasteiger partial charge >= 0.3 is 0 Å². The minimum atomic E-state index is -0.464. The molecule has 0 aliphatic heterocycles. The van der Waals surface area contributed by atoms with Crippen molar-refractivity contribution in [3.63, 3.8) is 0 Å². The molecule has 92 valence electrons. The minimum Gasteiger partial charge on any atom is -0.469 e. The molecular formula is C15H20O2. The Labute approximate surface area is 102 Å². The van der Waals surface area contributed by atoms with Gasteiger partial charge < -0.3 is 9.52 Å². The summed E-state index contributed by atoms with van der Waals surface area (Å²) in [5, 5.41) is 10.9. The van der Waals surface area contributed by atoms with Gasteiger partial charge in [-0.15, -0.1) is 0 Å². The van der Waals surface area contributed by atoms with Crippen LogP contribution < -0.4 is 0 Å². The van der Waals surface area contributed by atoms with Crippen molar-refractivity contribution in [3.05, 3.63) is 24.2 Å². The Balaban J connectivity index is 1.59. The van der Waals surface area contributed by atoms with Gasteiger partial charge in [-0.3, -0.25) is 0 Å². The zero-order valence-corrected chi connectivity index (χ0v) is 10.1. The van der Waals surface area contributed by atoms with Gasteiger partial charge in [0.05, 0.1) is 11.9 Å². The van der Waals surface area contributed by atoms with Crippen LogP contribution in [0.5, 0.6) is 0 Å². The molecule has 3 aliphatic carbocycles. The van der Waals surface area contributed by atoms with E-state index in [0.29, 0.717) is 5.92 Å². The molecule has 0 aromatic carbocycles. The highest BCUT2D eigenvalue weighted by molar-refractivity contribution is 5.14. The van der Waals surface area contributed by atoms with E-state index >= 15 is 0 Å². The summed E-state index contributed by atoms with van der Waals surface area (Å²) in [6, 6.07) is 3.92. The molecule has 0 spiro atoms. The van der Waals surface area contributed by atoms with Crippen LogP contribution in [-0.2, 0) is 6.42 Å². The number of rotatable bonds is 2. The first-order valence-electron chi connectivity index (χ1n) is 7.01. The van der Waals surface area contributed by atoms with Crippen molar-refractivity contribution < 1.29 is 9.52 Å². The molecule has 3 fully saturated rings. The second-order valence-corrected chi connectivity index (χ2v) is 6.42. The van der Waals surface area contributed by atoms with Crippen molar-refractivity contribution in [1.82, 2.24) is 0 Å². The number of furan rings is 1. The highest BCUT2D eigenvalue weighted by atomic mass is 16.3. The smallest absolute Gasteiger partial charge is 0.106 e. The third-order valence-corrected chi connectivity index (χ3v) is 5.67. The van der Waals surface area contributed by atoms with E-state index in [1.54, 1.807) is 6.26 Å². The monoisotopic (exact) mass is 232 g/mol. The predicted octanol–water partition coefficient (Wildman–Crippen LogP) is 3.01. The van der Waals surface area contributed by atoms with Crippen molar-refractivity contribution in [2.45, 2.75) is 44.1 Å². The summed E-state index contributed by atoms with van der Waals surface area (Å²) in [7, 11) is 0. The molecule has 2 nitrogen and oxygen atoms in total. The Morgan fingerprint density at radius 1 is 1.35 bits per heavy atom. The maximum absolute atomic E-state index is 10.9. The molecule has 1 aromatic rings. The fourth-order valence-corrected chi connectivity index (χ4v) is 5.15. The summed E-state index contributed by atoms with van der Waals surface area (Å²) in [4.78, 5) is 0. The third-order valence-electron chi connectivity index (χ3n) is 5.67. The van der Waals surface area contributed by atoms with Crippen LogP contribution in [0.3, 0.4) is 0 Å². The Kier molecular flexibility index (Phi) is 2.03. The first kappa shape index (κ1) is 10.2. The van der Waals surface area contributed by atoms with Crippen LogP contribution in [0.2, 0.25) is 0 Å². The maximum Gasteiger partial charge on any atom is 0.106 e. The highest BCUT2D eigenvalue weighted by Crippen LogP contribution is 2.62. The van der Waals surface area contributed by atoms with Crippen LogP contribution in [0.4, 0.5) is 0 Å². The molecule has 3 saturated carbocycles. The lowest BCUT2D eigenvalue weighted by atomic mass is 9.71. The number of hydrogen-bond acceptors (Lipinski definition) is 2. The van der Waals surface area contributed by atoms with E-state index in [1.165, 1.54) is 25.7 Å². The standard InChI is InChI=1S/C15H20O2/c16-15(9-11-3-2-6-17-11)8-10-7-14(15)13-5-1-4-12(10)13/h2-3,6,10,12-14,16H,1,4-5,7-9H2. The van der Waals surface area contributed by atoms with E-state index in [0.717, 1.165) is 36.4 Å². The summed E-state index contributed by atoms with van der Waals surface area (Å²) in [5.74, 6) is 4.05. The van der Waals surface area contributed by atoms with Crippen molar-refractivity contribution in [2.24, 2.45) is 23.7 Å². The molecule has 1 aromatic heterocycles. The molecule has 0 amide bonds. The molecule has 5 atom stereocenters. The van der Waals surface area contributed by atoms with Crippen LogP contribution in [0.15, 0.2) is 22.8 Å². The predicted molar refractivity (Wildman–Crippen MR) is 64.4 cm³/mol. The van der Waals surface area contributed by atoms with Crippen molar-refractivity contribution >= 4 is 0 Å². The van der Waals surface area contributed by atoms with Gasteiger partial charge in [-0.25, -0.2) is 0 Å². The zero-order valence-electron chi connectivity index (χ0n) is 10.1. The highest BCUT2D eigenvalue weighted by Gasteiger charge is 2.60. The van der Waals surface area contributed by atoms with Gasteiger partial charge in [0.2, 0.25) is 0 Å². The van der Waals surface area contributed by atoms with Gasteiger partial charge in [0.25, 0.3) is 0 Å². The van der Waals surface area contributed by atoms with Crippen LogP contribution in [-0.4, -0.2) is 10.7 Å². The second kappa shape index (κ2) is 3.38. The van der Waals surface area contributed by atoms with E-state index in [9.17, 15) is 5.11 Å². The van der Waals surface area contributed by atoms with Gasteiger partial charge in [0.15, 0.2) is 0 Å². The van der Waals surface area contributed by atoms with Crippen molar-refractivity contribution in [1.29, 1.82) is 0 Å². The van der Waals surface area contributed by atoms with Crippen LogP contribution in [0.25, 0.3) is 0 Å². The average Bonchev–Trinajstić information content (AvgIpc) is 2.96. The van der Waals surface area contributed by atoms with Gasteiger partial charge in [0.1, 0.15) is 5.76 Å². The molecule has 5 unspecified atom stereocenters. The summed E-state index contributed by atoms with van der Waals surface area (Å²) in [6.07, 6.45) is 8.88. The Hall–Kier alpha value is -0.760. The summed E-state index contributed by atoms with van der Waals surface area (Å²) in [5.41, 5.74) is -0.464. The lowest BCUT2D eigenvalue weighted by Gasteiger charge is -2.38.